The fourth-order valence-corrected chi connectivity index (χ4v) is 3.19. The van der Waals surface area contributed by atoms with Crippen LogP contribution in [0.2, 0.25) is 0 Å². The molecule has 0 saturated heterocycles. The predicted molar refractivity (Wildman–Crippen MR) is 107 cm³/mol. The van der Waals surface area contributed by atoms with E-state index in [9.17, 15) is 9.18 Å². The van der Waals surface area contributed by atoms with E-state index in [0.29, 0.717) is 29.0 Å². The van der Waals surface area contributed by atoms with Crippen molar-refractivity contribution in [2.75, 3.05) is 12.4 Å². The molecule has 0 aromatic carbocycles. The van der Waals surface area contributed by atoms with Crippen LogP contribution in [0.1, 0.15) is 39.8 Å². The summed E-state index contributed by atoms with van der Waals surface area (Å²) in [5, 5.41) is 3.44. The third kappa shape index (κ3) is 3.56. The molecule has 0 bridgehead atoms. The van der Waals surface area contributed by atoms with E-state index in [0.717, 1.165) is 17.7 Å². The molecule has 0 aliphatic heterocycles. The van der Waals surface area contributed by atoms with Crippen molar-refractivity contribution in [3.63, 3.8) is 0 Å². The van der Waals surface area contributed by atoms with Crippen LogP contribution in [0, 0.1) is 5.95 Å². The molecule has 0 saturated carbocycles. The minimum atomic E-state index is -0.803. The number of anilines is 1. The number of nitrogens with zero attached hydrogens (tertiary/aromatic N) is 4. The summed E-state index contributed by atoms with van der Waals surface area (Å²) < 4.78 is 14.7. The highest BCUT2D eigenvalue weighted by Crippen LogP contribution is 2.26. The van der Waals surface area contributed by atoms with Crippen LogP contribution < -0.4 is 5.32 Å². The molecular weight excluding hydrogens is 371 g/mol. The van der Waals surface area contributed by atoms with Crippen LogP contribution in [0.5, 0.6) is 0 Å². The van der Waals surface area contributed by atoms with Gasteiger partial charge >= 0.3 is 0 Å². The number of hydrogen-bond donors (Lipinski definition) is 2. The zero-order valence-corrected chi connectivity index (χ0v) is 16.0. The summed E-state index contributed by atoms with van der Waals surface area (Å²) in [4.78, 5) is 32.4. The maximum absolute atomic E-state index is 14.7. The number of halogens is 1. The minimum Gasteiger partial charge on any atom is -0.372 e. The van der Waals surface area contributed by atoms with Crippen molar-refractivity contribution in [2.45, 2.75) is 19.8 Å². The Balaban J connectivity index is 1.63. The number of H-pyrrole nitrogens is 1. The van der Waals surface area contributed by atoms with Crippen molar-refractivity contribution in [1.82, 2.24) is 24.9 Å². The van der Waals surface area contributed by atoms with Crippen molar-refractivity contribution in [3.8, 4) is 0 Å². The van der Waals surface area contributed by atoms with Gasteiger partial charge in [-0.25, -0.2) is 15.0 Å². The summed E-state index contributed by atoms with van der Waals surface area (Å²) in [5.41, 5.74) is 3.15. The van der Waals surface area contributed by atoms with E-state index >= 15 is 0 Å². The van der Waals surface area contributed by atoms with Crippen LogP contribution in [0.15, 0.2) is 43.0 Å². The van der Waals surface area contributed by atoms with Gasteiger partial charge in [0.1, 0.15) is 17.8 Å². The standard InChI is InChI=1S/C21H19FN6O/c1-3-13-5-4-12(9-24-13)8-14-6-7-15(19(22)28-14)18(29)16-10-25-21-17(16)20(23-2)26-11-27-21/h4-7,9-11H,3,8H2,1-2H3,(H2,23,25,26,27). The molecule has 0 atom stereocenters. The highest BCUT2D eigenvalue weighted by molar-refractivity contribution is 6.17. The maximum atomic E-state index is 14.7. The summed E-state index contributed by atoms with van der Waals surface area (Å²) in [6.07, 6.45) is 5.96. The van der Waals surface area contributed by atoms with Gasteiger partial charge in [0.05, 0.1) is 16.5 Å². The Morgan fingerprint density at radius 3 is 2.62 bits per heavy atom. The molecule has 0 unspecified atom stereocenters. The second kappa shape index (κ2) is 7.75. The van der Waals surface area contributed by atoms with Crippen LogP contribution in [0.4, 0.5) is 10.2 Å². The quantitative estimate of drug-likeness (QED) is 0.387. The zero-order valence-electron chi connectivity index (χ0n) is 16.0. The maximum Gasteiger partial charge on any atom is 0.224 e. The number of aromatic nitrogens is 5. The first-order valence-electron chi connectivity index (χ1n) is 9.24. The van der Waals surface area contributed by atoms with Crippen LogP contribution in [0.25, 0.3) is 11.0 Å². The van der Waals surface area contributed by atoms with Gasteiger partial charge in [-0.05, 0) is 30.2 Å². The van der Waals surface area contributed by atoms with Crippen molar-refractivity contribution < 1.29 is 9.18 Å². The topological polar surface area (TPSA) is 96.5 Å². The summed E-state index contributed by atoms with van der Waals surface area (Å²) in [6, 6.07) is 7.03. The van der Waals surface area contributed by atoms with Gasteiger partial charge in [0.15, 0.2) is 5.78 Å². The van der Waals surface area contributed by atoms with E-state index in [-0.39, 0.29) is 11.1 Å². The van der Waals surface area contributed by atoms with Gasteiger partial charge in [0, 0.05) is 37.3 Å². The molecule has 146 valence electrons. The number of carbonyl (C=O) groups excluding carboxylic acids is 1. The Morgan fingerprint density at radius 2 is 1.93 bits per heavy atom. The van der Waals surface area contributed by atoms with Gasteiger partial charge in [-0.2, -0.15) is 4.39 Å². The molecule has 0 radical (unpaired) electrons. The van der Waals surface area contributed by atoms with E-state index in [1.54, 1.807) is 19.3 Å². The highest BCUT2D eigenvalue weighted by atomic mass is 19.1. The van der Waals surface area contributed by atoms with Crippen LogP contribution in [-0.4, -0.2) is 37.8 Å². The molecular formula is C21H19FN6O. The van der Waals surface area contributed by atoms with Crippen molar-refractivity contribution in [3.05, 3.63) is 77.0 Å². The van der Waals surface area contributed by atoms with Crippen molar-refractivity contribution in [1.29, 1.82) is 0 Å². The SMILES string of the molecule is CCc1ccc(Cc2ccc(C(=O)c3c[nH]c4ncnc(NC)c34)c(F)n2)cn1. The third-order valence-electron chi connectivity index (χ3n) is 4.74. The zero-order chi connectivity index (χ0) is 20.4. The van der Waals surface area contributed by atoms with Gasteiger partial charge in [0.25, 0.3) is 0 Å². The molecule has 29 heavy (non-hydrogen) atoms. The second-order valence-corrected chi connectivity index (χ2v) is 6.56. The average Bonchev–Trinajstić information content (AvgIpc) is 3.18. The fraction of sp³-hybridized carbons (Fsp3) is 0.190. The highest BCUT2D eigenvalue weighted by Gasteiger charge is 2.21. The monoisotopic (exact) mass is 390 g/mol. The Hall–Kier alpha value is -3.68. The largest absolute Gasteiger partial charge is 0.372 e. The van der Waals surface area contributed by atoms with E-state index in [4.69, 9.17) is 0 Å². The summed E-state index contributed by atoms with van der Waals surface area (Å²) in [7, 11) is 1.70. The number of ketones is 1. The normalized spacial score (nSPS) is 11.0. The predicted octanol–water partition coefficient (Wildman–Crippen LogP) is 3.31. The molecule has 0 fully saturated rings. The Kier molecular flexibility index (Phi) is 4.99. The Bertz CT molecular complexity index is 1190. The van der Waals surface area contributed by atoms with Crippen molar-refractivity contribution in [2.24, 2.45) is 0 Å². The van der Waals surface area contributed by atoms with E-state index in [1.807, 2.05) is 19.1 Å². The van der Waals surface area contributed by atoms with Crippen LogP contribution in [-0.2, 0) is 12.8 Å². The van der Waals surface area contributed by atoms with Gasteiger partial charge in [-0.15, -0.1) is 0 Å². The number of fused-ring (bicyclic) bond motifs is 1. The molecule has 0 aliphatic rings. The summed E-state index contributed by atoms with van der Waals surface area (Å²) >= 11 is 0. The first kappa shape index (κ1) is 18.7. The lowest BCUT2D eigenvalue weighted by atomic mass is 10.0. The smallest absolute Gasteiger partial charge is 0.224 e. The Morgan fingerprint density at radius 1 is 1.10 bits per heavy atom. The minimum absolute atomic E-state index is 0.0972. The molecule has 0 amide bonds. The van der Waals surface area contributed by atoms with Crippen LogP contribution >= 0.6 is 0 Å². The number of nitrogens with one attached hydrogen (secondary N) is 2. The van der Waals surface area contributed by atoms with Crippen molar-refractivity contribution >= 4 is 22.6 Å². The number of aryl methyl sites for hydroxylation is 1. The molecule has 4 rings (SSSR count). The molecule has 4 aromatic rings. The average molecular weight is 390 g/mol. The molecule has 8 heteroatoms. The van der Waals surface area contributed by atoms with Gasteiger partial charge < -0.3 is 10.3 Å². The lowest BCUT2D eigenvalue weighted by Gasteiger charge is -2.06. The summed E-state index contributed by atoms with van der Waals surface area (Å²) in [6.45, 7) is 2.04. The molecule has 0 spiro atoms. The molecule has 4 aromatic heterocycles. The lowest BCUT2D eigenvalue weighted by Crippen LogP contribution is -2.08. The number of rotatable bonds is 6. The van der Waals surface area contributed by atoms with Gasteiger partial charge in [-0.1, -0.05) is 13.0 Å². The van der Waals surface area contributed by atoms with Gasteiger partial charge in [0.2, 0.25) is 5.95 Å². The van der Waals surface area contributed by atoms with E-state index in [1.165, 1.54) is 18.6 Å². The summed E-state index contributed by atoms with van der Waals surface area (Å²) in [5.74, 6) is -0.788. The van der Waals surface area contributed by atoms with Gasteiger partial charge in [-0.3, -0.25) is 9.78 Å². The second-order valence-electron chi connectivity index (χ2n) is 6.56. The lowest BCUT2D eigenvalue weighted by molar-refractivity contribution is 0.103. The fourth-order valence-electron chi connectivity index (χ4n) is 3.19. The third-order valence-corrected chi connectivity index (χ3v) is 4.74. The first-order valence-corrected chi connectivity index (χ1v) is 9.24. The van der Waals surface area contributed by atoms with Crippen LogP contribution in [0.3, 0.4) is 0 Å². The molecule has 0 aliphatic carbocycles. The first-order chi connectivity index (χ1) is 14.1. The van der Waals surface area contributed by atoms with E-state index < -0.39 is 11.7 Å². The number of hydrogen-bond acceptors (Lipinski definition) is 6. The number of carbonyl (C=O) groups is 1. The number of pyridine rings is 2. The molecule has 7 nitrogen and oxygen atoms in total. The Labute approximate surface area is 166 Å². The molecule has 2 N–H and O–H groups in total. The number of aromatic amines is 1. The van der Waals surface area contributed by atoms with E-state index in [2.05, 4.69) is 30.2 Å². The molecule has 4 heterocycles.